The lowest BCUT2D eigenvalue weighted by Crippen LogP contribution is -2.41. The number of ketones is 6. The zero-order valence-corrected chi connectivity index (χ0v) is 22.8. The van der Waals surface area contributed by atoms with Gasteiger partial charge in [0.25, 0.3) is 0 Å². The van der Waals surface area contributed by atoms with Crippen LogP contribution in [0, 0.1) is 10.1 Å². The van der Waals surface area contributed by atoms with Crippen LogP contribution in [0.25, 0.3) is 0 Å². The Bertz CT molecular complexity index is 713. The van der Waals surface area contributed by atoms with Crippen LogP contribution in [-0.2, 0) is 28.8 Å². The predicted octanol–water partition coefficient (Wildman–Crippen LogP) is 3.90. The first kappa shape index (κ1) is 35.5. The molecule has 36 heavy (non-hydrogen) atoms. The highest BCUT2D eigenvalue weighted by atomic mass is 16.6. The fourth-order valence-electron chi connectivity index (χ4n) is 3.52. The third kappa shape index (κ3) is 18.7. The normalized spacial score (nSPS) is 11.2. The van der Waals surface area contributed by atoms with E-state index >= 15 is 0 Å². The molecule has 0 spiro atoms. The molecule has 0 aromatic heterocycles. The minimum Gasteiger partial charge on any atom is -0.325 e. The number of nitrogens with two attached hydrogens (primary N) is 1. The Morgan fingerprint density at radius 1 is 0.528 bits per heavy atom. The molecule has 0 radical (unpaired) electrons. The number of hydrogen-bond donors (Lipinski definition) is 1. The fraction of sp³-hybridized carbons (Fsp3) is 0.769. The van der Waals surface area contributed by atoms with Crippen LogP contribution in [0.1, 0.15) is 119 Å². The van der Waals surface area contributed by atoms with Gasteiger partial charge in [-0.1, -0.05) is 0 Å². The zero-order chi connectivity index (χ0) is 28.5. The SMILES string of the molecule is CC(=O)CCC(CCC(C)=O)(CCC(C)=O)[N+](=O)[O-].CC(=O)CCC(N)(CCC(C)=O)CCC(C)=O. The summed E-state index contributed by atoms with van der Waals surface area (Å²) in [7, 11) is 0. The highest BCUT2D eigenvalue weighted by molar-refractivity contribution is 5.78. The summed E-state index contributed by atoms with van der Waals surface area (Å²) in [4.78, 5) is 76.9. The standard InChI is InChI=1S/C13H21NO5.C13H23NO3/c1-10(15)4-7-13(14(18)19,8-5-11(2)16)9-6-12(3)17;1-10(15)4-7-13(14,8-5-11(2)16)9-6-12(3)17/h4-9H2,1-3H3;4-9,14H2,1-3H3. The van der Waals surface area contributed by atoms with Crippen molar-refractivity contribution in [2.75, 3.05) is 0 Å². The summed E-state index contributed by atoms with van der Waals surface area (Å²) < 4.78 is 0. The average Bonchev–Trinajstić information content (AvgIpc) is 2.74. The Labute approximate surface area is 214 Å². The molecular weight excluding hydrogens is 468 g/mol. The summed E-state index contributed by atoms with van der Waals surface area (Å²) in [6.45, 7) is 8.70. The van der Waals surface area contributed by atoms with Gasteiger partial charge in [0.2, 0.25) is 5.54 Å². The Balaban J connectivity index is 0. The molecule has 0 bridgehead atoms. The third-order valence-corrected chi connectivity index (χ3v) is 6.14. The molecule has 206 valence electrons. The van der Waals surface area contributed by atoms with Crippen LogP contribution in [0.15, 0.2) is 0 Å². The summed E-state index contributed by atoms with van der Waals surface area (Å²) >= 11 is 0. The van der Waals surface area contributed by atoms with Crippen molar-refractivity contribution in [3.8, 4) is 0 Å². The van der Waals surface area contributed by atoms with Crippen molar-refractivity contribution in [1.82, 2.24) is 0 Å². The maximum atomic E-state index is 11.3. The lowest BCUT2D eigenvalue weighted by Gasteiger charge is -2.28. The number of Topliss-reactive ketones (excluding diaryl/α,β-unsaturated/α-hetero) is 6. The van der Waals surface area contributed by atoms with E-state index in [0.717, 1.165) is 0 Å². The average molecular weight is 513 g/mol. The van der Waals surface area contributed by atoms with Gasteiger partial charge in [-0.3, -0.25) is 10.1 Å². The molecule has 0 aliphatic heterocycles. The second-order valence-electron chi connectivity index (χ2n) is 10.1. The van der Waals surface area contributed by atoms with E-state index < -0.39 is 16.0 Å². The van der Waals surface area contributed by atoms with Crippen molar-refractivity contribution in [2.24, 2.45) is 5.73 Å². The first-order chi connectivity index (χ1) is 16.4. The molecule has 0 rings (SSSR count). The summed E-state index contributed by atoms with van der Waals surface area (Å²) in [5.41, 5.74) is 4.28. The van der Waals surface area contributed by atoms with Crippen molar-refractivity contribution in [3.63, 3.8) is 0 Å². The molecule has 0 fully saturated rings. The fourth-order valence-corrected chi connectivity index (χ4v) is 3.52. The van der Waals surface area contributed by atoms with E-state index in [-0.39, 0.29) is 73.2 Å². The smallest absolute Gasteiger partial charge is 0.223 e. The number of carbonyl (C=O) groups is 6. The van der Waals surface area contributed by atoms with Gasteiger partial charge >= 0.3 is 0 Å². The van der Waals surface area contributed by atoms with Crippen LogP contribution in [0.5, 0.6) is 0 Å². The Kier molecular flexibility index (Phi) is 17.5. The zero-order valence-electron chi connectivity index (χ0n) is 22.8. The quantitative estimate of drug-likeness (QED) is 0.199. The molecule has 0 amide bonds. The molecule has 0 aromatic carbocycles. The van der Waals surface area contributed by atoms with E-state index in [1.54, 1.807) is 0 Å². The van der Waals surface area contributed by atoms with Crippen LogP contribution in [0.2, 0.25) is 0 Å². The molecule has 0 aliphatic rings. The highest BCUT2D eigenvalue weighted by Gasteiger charge is 2.42. The molecule has 0 atom stereocenters. The largest absolute Gasteiger partial charge is 0.325 e. The number of nitrogens with zero attached hydrogens (tertiary/aromatic N) is 1. The first-order valence-electron chi connectivity index (χ1n) is 12.3. The summed E-state index contributed by atoms with van der Waals surface area (Å²) in [6.07, 6.45) is 3.38. The van der Waals surface area contributed by atoms with Gasteiger partial charge in [-0.25, -0.2) is 0 Å². The first-order valence-corrected chi connectivity index (χ1v) is 12.3. The minimum absolute atomic E-state index is 0.0793. The lowest BCUT2D eigenvalue weighted by molar-refractivity contribution is -0.573. The van der Waals surface area contributed by atoms with Gasteiger partial charge in [0.15, 0.2) is 0 Å². The van der Waals surface area contributed by atoms with Crippen molar-refractivity contribution < 1.29 is 33.7 Å². The van der Waals surface area contributed by atoms with Gasteiger partial charge in [-0.2, -0.15) is 0 Å². The van der Waals surface area contributed by atoms with E-state index in [1.807, 2.05) is 0 Å². The summed E-state index contributed by atoms with van der Waals surface area (Å²) in [5.74, 6) is -0.118. The predicted molar refractivity (Wildman–Crippen MR) is 136 cm³/mol. The molecule has 10 heteroatoms. The topological polar surface area (TPSA) is 172 Å². The molecule has 0 aliphatic carbocycles. The molecule has 0 unspecified atom stereocenters. The molecule has 10 nitrogen and oxygen atoms in total. The Morgan fingerprint density at radius 3 is 0.889 bits per heavy atom. The van der Waals surface area contributed by atoms with Crippen molar-refractivity contribution in [1.29, 1.82) is 0 Å². The second-order valence-corrected chi connectivity index (χ2v) is 10.1. The van der Waals surface area contributed by atoms with Gasteiger partial charge in [0.1, 0.15) is 34.7 Å². The molecule has 2 N–H and O–H groups in total. The Hall–Kier alpha value is -2.62. The second kappa shape index (κ2) is 17.8. The summed E-state index contributed by atoms with van der Waals surface area (Å²) in [5, 5.41) is 11.3. The van der Waals surface area contributed by atoms with Gasteiger partial charge in [-0.15, -0.1) is 0 Å². The van der Waals surface area contributed by atoms with E-state index in [9.17, 15) is 38.9 Å². The van der Waals surface area contributed by atoms with E-state index in [2.05, 4.69) is 0 Å². The van der Waals surface area contributed by atoms with Gasteiger partial charge in [0, 0.05) is 68.2 Å². The van der Waals surface area contributed by atoms with Crippen LogP contribution in [0.3, 0.4) is 0 Å². The van der Waals surface area contributed by atoms with Gasteiger partial charge in [-0.05, 0) is 60.8 Å². The monoisotopic (exact) mass is 512 g/mol. The maximum absolute atomic E-state index is 11.3. The van der Waals surface area contributed by atoms with Crippen LogP contribution in [-0.4, -0.2) is 50.7 Å². The maximum Gasteiger partial charge on any atom is 0.223 e. The third-order valence-electron chi connectivity index (χ3n) is 6.14. The minimum atomic E-state index is -1.34. The van der Waals surface area contributed by atoms with Crippen LogP contribution >= 0.6 is 0 Å². The lowest BCUT2D eigenvalue weighted by atomic mass is 9.83. The van der Waals surface area contributed by atoms with Crippen LogP contribution < -0.4 is 5.73 Å². The van der Waals surface area contributed by atoms with E-state index in [1.165, 1.54) is 41.5 Å². The molecule has 0 aromatic rings. The summed E-state index contributed by atoms with van der Waals surface area (Å²) in [6, 6.07) is 0. The number of rotatable bonds is 19. The molecule has 0 saturated carbocycles. The van der Waals surface area contributed by atoms with Gasteiger partial charge in [0.05, 0.1) is 0 Å². The molecule has 0 saturated heterocycles. The molecule has 0 heterocycles. The van der Waals surface area contributed by atoms with E-state index in [4.69, 9.17) is 5.73 Å². The van der Waals surface area contributed by atoms with Crippen molar-refractivity contribution in [2.45, 2.75) is 130 Å². The Morgan fingerprint density at radius 2 is 0.722 bits per heavy atom. The highest BCUT2D eigenvalue weighted by Crippen LogP contribution is 2.29. The number of hydrogen-bond acceptors (Lipinski definition) is 9. The number of nitro groups is 1. The van der Waals surface area contributed by atoms with Crippen molar-refractivity contribution >= 4 is 34.7 Å². The van der Waals surface area contributed by atoms with Crippen LogP contribution in [0.4, 0.5) is 0 Å². The van der Waals surface area contributed by atoms with E-state index in [0.29, 0.717) is 38.5 Å². The van der Waals surface area contributed by atoms with Crippen molar-refractivity contribution in [3.05, 3.63) is 10.1 Å². The van der Waals surface area contributed by atoms with Gasteiger partial charge < -0.3 is 34.5 Å². The number of carbonyl (C=O) groups excluding carboxylic acids is 6. The molecular formula is C26H44N2O8.